The molecule has 0 bridgehead atoms. The van der Waals surface area contributed by atoms with E-state index in [9.17, 15) is 0 Å². The van der Waals surface area contributed by atoms with E-state index in [1.807, 2.05) is 24.3 Å². The van der Waals surface area contributed by atoms with Gasteiger partial charge in [-0.05, 0) is 30.2 Å². The average molecular weight is 223 g/mol. The Morgan fingerprint density at radius 1 is 1.19 bits per heavy atom. The summed E-state index contributed by atoms with van der Waals surface area (Å²) in [5.74, 6) is 1.46. The third kappa shape index (κ3) is 5.03. The lowest BCUT2D eigenvalue weighted by Gasteiger charge is -2.10. The van der Waals surface area contributed by atoms with Crippen molar-refractivity contribution in [2.45, 2.75) is 20.3 Å². The van der Waals surface area contributed by atoms with Crippen LogP contribution in [0.1, 0.15) is 20.3 Å². The van der Waals surface area contributed by atoms with Gasteiger partial charge < -0.3 is 15.2 Å². The number of nitrogen functional groups attached to an aromatic ring is 1. The summed E-state index contributed by atoms with van der Waals surface area (Å²) < 4.78 is 11.0. The number of anilines is 1. The summed E-state index contributed by atoms with van der Waals surface area (Å²) >= 11 is 0. The van der Waals surface area contributed by atoms with Gasteiger partial charge in [0.05, 0.1) is 6.61 Å². The van der Waals surface area contributed by atoms with E-state index in [1.54, 1.807) is 0 Å². The molecular weight excluding hydrogens is 202 g/mol. The normalized spacial score (nSPS) is 12.4. The van der Waals surface area contributed by atoms with E-state index >= 15 is 0 Å². The standard InChI is InChI=1S/C13H21NO2/c1-3-11(2)10-15-8-9-16-13-6-4-12(14)5-7-13/h4-7,11H,3,8-10,14H2,1-2H3. The zero-order chi connectivity index (χ0) is 11.8. The lowest BCUT2D eigenvalue weighted by molar-refractivity contribution is 0.0771. The van der Waals surface area contributed by atoms with Gasteiger partial charge in [-0.3, -0.25) is 0 Å². The first-order chi connectivity index (χ1) is 7.72. The summed E-state index contributed by atoms with van der Waals surface area (Å²) in [5.41, 5.74) is 6.32. The number of rotatable bonds is 7. The Morgan fingerprint density at radius 2 is 1.88 bits per heavy atom. The number of benzene rings is 1. The molecular formula is C13H21NO2. The van der Waals surface area contributed by atoms with Gasteiger partial charge >= 0.3 is 0 Å². The molecule has 1 unspecified atom stereocenters. The minimum absolute atomic E-state index is 0.584. The molecule has 16 heavy (non-hydrogen) atoms. The third-order valence-electron chi connectivity index (χ3n) is 2.48. The predicted octanol–water partition coefficient (Wildman–Crippen LogP) is 2.71. The second-order valence-electron chi connectivity index (χ2n) is 4.01. The summed E-state index contributed by atoms with van der Waals surface area (Å²) in [6, 6.07) is 7.39. The van der Waals surface area contributed by atoms with Crippen LogP contribution in [0.2, 0.25) is 0 Å². The summed E-state index contributed by atoms with van der Waals surface area (Å²) in [5, 5.41) is 0. The molecule has 0 saturated carbocycles. The van der Waals surface area contributed by atoms with Gasteiger partial charge in [0.2, 0.25) is 0 Å². The zero-order valence-electron chi connectivity index (χ0n) is 10.1. The molecule has 3 nitrogen and oxygen atoms in total. The molecule has 0 aliphatic carbocycles. The van der Waals surface area contributed by atoms with Gasteiger partial charge in [0.1, 0.15) is 12.4 Å². The quantitative estimate of drug-likeness (QED) is 0.571. The highest BCUT2D eigenvalue weighted by molar-refractivity contribution is 5.41. The van der Waals surface area contributed by atoms with Crippen LogP contribution in [0.5, 0.6) is 5.75 Å². The largest absolute Gasteiger partial charge is 0.491 e. The molecule has 0 amide bonds. The van der Waals surface area contributed by atoms with Crippen LogP contribution in [0.4, 0.5) is 5.69 Å². The van der Waals surface area contributed by atoms with E-state index in [-0.39, 0.29) is 0 Å². The van der Waals surface area contributed by atoms with Crippen molar-refractivity contribution < 1.29 is 9.47 Å². The minimum Gasteiger partial charge on any atom is -0.491 e. The monoisotopic (exact) mass is 223 g/mol. The third-order valence-corrected chi connectivity index (χ3v) is 2.48. The lowest BCUT2D eigenvalue weighted by atomic mass is 10.1. The van der Waals surface area contributed by atoms with Crippen LogP contribution in [0.25, 0.3) is 0 Å². The smallest absolute Gasteiger partial charge is 0.119 e. The maximum Gasteiger partial charge on any atom is 0.119 e. The van der Waals surface area contributed by atoms with Crippen LogP contribution < -0.4 is 10.5 Å². The Kier molecular flexibility index (Phi) is 5.72. The van der Waals surface area contributed by atoms with E-state index in [2.05, 4.69) is 13.8 Å². The molecule has 1 aromatic carbocycles. The molecule has 0 aromatic heterocycles. The van der Waals surface area contributed by atoms with Crippen LogP contribution in [0.3, 0.4) is 0 Å². The lowest BCUT2D eigenvalue weighted by Crippen LogP contribution is -2.11. The topological polar surface area (TPSA) is 44.5 Å². The second-order valence-corrected chi connectivity index (χ2v) is 4.01. The summed E-state index contributed by atoms with van der Waals surface area (Å²) in [7, 11) is 0. The Morgan fingerprint density at radius 3 is 2.50 bits per heavy atom. The number of nitrogens with two attached hydrogens (primary N) is 1. The molecule has 0 aliphatic heterocycles. The maximum absolute atomic E-state index is 5.57. The molecule has 1 aromatic rings. The van der Waals surface area contributed by atoms with E-state index < -0.39 is 0 Å². The molecule has 0 spiro atoms. The van der Waals surface area contributed by atoms with Gasteiger partial charge in [0, 0.05) is 12.3 Å². The van der Waals surface area contributed by atoms with Gasteiger partial charge in [0.15, 0.2) is 0 Å². The highest BCUT2D eigenvalue weighted by Gasteiger charge is 1.98. The average Bonchev–Trinajstić information content (AvgIpc) is 2.31. The van der Waals surface area contributed by atoms with E-state index in [0.717, 1.165) is 24.5 Å². The first-order valence-corrected chi connectivity index (χ1v) is 5.78. The van der Waals surface area contributed by atoms with Gasteiger partial charge in [0.25, 0.3) is 0 Å². The molecule has 1 rings (SSSR count). The summed E-state index contributed by atoms with van der Waals surface area (Å²) in [6.07, 6.45) is 1.15. The van der Waals surface area contributed by atoms with E-state index in [4.69, 9.17) is 15.2 Å². The first-order valence-electron chi connectivity index (χ1n) is 5.78. The van der Waals surface area contributed by atoms with E-state index in [0.29, 0.717) is 19.1 Å². The summed E-state index contributed by atoms with van der Waals surface area (Å²) in [4.78, 5) is 0. The van der Waals surface area contributed by atoms with Crippen LogP contribution in [-0.2, 0) is 4.74 Å². The molecule has 1 atom stereocenters. The van der Waals surface area contributed by atoms with Crippen LogP contribution in [0, 0.1) is 5.92 Å². The molecule has 90 valence electrons. The van der Waals surface area contributed by atoms with Gasteiger partial charge in [-0.2, -0.15) is 0 Å². The van der Waals surface area contributed by atoms with Crippen molar-refractivity contribution in [2.24, 2.45) is 5.92 Å². The Balaban J connectivity index is 2.09. The molecule has 0 saturated heterocycles. The first kappa shape index (κ1) is 12.8. The van der Waals surface area contributed by atoms with Gasteiger partial charge in [-0.1, -0.05) is 20.3 Å². The highest BCUT2D eigenvalue weighted by Crippen LogP contribution is 2.12. The zero-order valence-corrected chi connectivity index (χ0v) is 10.1. The molecule has 0 fully saturated rings. The van der Waals surface area contributed by atoms with Crippen molar-refractivity contribution in [3.05, 3.63) is 24.3 Å². The molecule has 3 heteroatoms. The van der Waals surface area contributed by atoms with Crippen molar-refractivity contribution in [3.8, 4) is 5.75 Å². The Labute approximate surface area is 97.6 Å². The fourth-order valence-corrected chi connectivity index (χ4v) is 1.18. The van der Waals surface area contributed by atoms with Crippen molar-refractivity contribution >= 4 is 5.69 Å². The molecule has 2 N–H and O–H groups in total. The fraction of sp³-hybridized carbons (Fsp3) is 0.538. The van der Waals surface area contributed by atoms with Crippen LogP contribution >= 0.6 is 0 Å². The predicted molar refractivity (Wildman–Crippen MR) is 66.6 cm³/mol. The summed E-state index contributed by atoms with van der Waals surface area (Å²) in [6.45, 7) is 6.37. The van der Waals surface area contributed by atoms with Crippen LogP contribution in [-0.4, -0.2) is 19.8 Å². The minimum atomic E-state index is 0.584. The van der Waals surface area contributed by atoms with E-state index in [1.165, 1.54) is 0 Å². The number of hydrogen-bond acceptors (Lipinski definition) is 3. The van der Waals surface area contributed by atoms with Crippen molar-refractivity contribution in [3.63, 3.8) is 0 Å². The SMILES string of the molecule is CCC(C)COCCOc1ccc(N)cc1. The van der Waals surface area contributed by atoms with Gasteiger partial charge in [-0.15, -0.1) is 0 Å². The van der Waals surface area contributed by atoms with Crippen molar-refractivity contribution in [1.82, 2.24) is 0 Å². The molecule has 0 heterocycles. The second kappa shape index (κ2) is 7.12. The fourth-order valence-electron chi connectivity index (χ4n) is 1.18. The molecule has 0 aliphatic rings. The van der Waals surface area contributed by atoms with Crippen molar-refractivity contribution in [2.75, 3.05) is 25.6 Å². The molecule has 0 radical (unpaired) electrons. The highest BCUT2D eigenvalue weighted by atomic mass is 16.5. The Hall–Kier alpha value is -1.22. The maximum atomic E-state index is 5.57. The number of ether oxygens (including phenoxy) is 2. The van der Waals surface area contributed by atoms with Crippen LogP contribution in [0.15, 0.2) is 24.3 Å². The van der Waals surface area contributed by atoms with Crippen molar-refractivity contribution in [1.29, 1.82) is 0 Å². The van der Waals surface area contributed by atoms with Gasteiger partial charge in [-0.25, -0.2) is 0 Å². The Bertz CT molecular complexity index is 284. The number of hydrogen-bond donors (Lipinski definition) is 1.